The number of carbonyl (C=O) groups is 1. The lowest BCUT2D eigenvalue weighted by Gasteiger charge is -2.08. The highest BCUT2D eigenvalue weighted by Gasteiger charge is 2.20. The van der Waals surface area contributed by atoms with E-state index in [1.807, 2.05) is 68.4 Å². The zero-order valence-corrected chi connectivity index (χ0v) is 18.7. The Kier molecular flexibility index (Phi) is 5.70. The number of nitrogens with one attached hydrogen (secondary N) is 1. The van der Waals surface area contributed by atoms with Crippen molar-refractivity contribution in [3.05, 3.63) is 93.2 Å². The van der Waals surface area contributed by atoms with E-state index in [0.717, 1.165) is 26.9 Å². The van der Waals surface area contributed by atoms with Gasteiger partial charge in [-0.15, -0.1) is 5.10 Å². The van der Waals surface area contributed by atoms with Crippen LogP contribution in [0.5, 0.6) is 0 Å². The van der Waals surface area contributed by atoms with Crippen molar-refractivity contribution in [2.75, 3.05) is 5.32 Å². The van der Waals surface area contributed by atoms with Gasteiger partial charge in [-0.1, -0.05) is 45.7 Å². The van der Waals surface area contributed by atoms with Crippen molar-refractivity contribution in [2.24, 2.45) is 0 Å². The monoisotopic (exact) mass is 480 g/mol. The minimum Gasteiger partial charge on any atom is -0.319 e. The smallest absolute Gasteiger partial charge is 0.295 e. The Morgan fingerprint density at radius 1 is 1.00 bits per heavy atom. The number of rotatable bonds is 4. The molecule has 0 aliphatic heterocycles. The molecular formula is C23H18BrClN4O. The Morgan fingerprint density at radius 3 is 2.43 bits per heavy atom. The highest BCUT2D eigenvalue weighted by Crippen LogP contribution is 2.25. The van der Waals surface area contributed by atoms with Gasteiger partial charge in [-0.2, -0.15) is 0 Å². The zero-order valence-electron chi connectivity index (χ0n) is 16.4. The van der Waals surface area contributed by atoms with Crippen LogP contribution in [-0.2, 0) is 0 Å². The van der Waals surface area contributed by atoms with Gasteiger partial charge in [-0.3, -0.25) is 4.79 Å². The number of anilines is 1. The number of hydrogen-bond donors (Lipinski definition) is 1. The van der Waals surface area contributed by atoms with E-state index in [1.54, 1.807) is 16.8 Å². The highest BCUT2D eigenvalue weighted by atomic mass is 79.9. The normalized spacial score (nSPS) is 10.8. The van der Waals surface area contributed by atoms with E-state index in [-0.39, 0.29) is 11.7 Å². The summed E-state index contributed by atoms with van der Waals surface area (Å²) in [5.74, 6) is 0.284. The van der Waals surface area contributed by atoms with Crippen molar-refractivity contribution in [1.82, 2.24) is 14.8 Å². The van der Waals surface area contributed by atoms with Gasteiger partial charge in [0.15, 0.2) is 5.82 Å². The van der Waals surface area contributed by atoms with E-state index in [9.17, 15) is 4.79 Å². The lowest BCUT2D eigenvalue weighted by molar-refractivity contribution is 0.101. The fraction of sp³-hybridized carbons (Fsp3) is 0.0870. The molecule has 4 aromatic rings. The van der Waals surface area contributed by atoms with Crippen LogP contribution in [0.1, 0.15) is 21.7 Å². The van der Waals surface area contributed by atoms with Crippen LogP contribution in [0.25, 0.3) is 17.1 Å². The number of aryl methyl sites for hydroxylation is 2. The Morgan fingerprint density at radius 2 is 1.73 bits per heavy atom. The molecule has 0 saturated heterocycles. The molecule has 1 aromatic heterocycles. The Labute approximate surface area is 187 Å². The molecule has 0 unspecified atom stereocenters. The maximum Gasteiger partial charge on any atom is 0.295 e. The minimum atomic E-state index is -0.372. The summed E-state index contributed by atoms with van der Waals surface area (Å²) < 4.78 is 2.65. The molecular weight excluding hydrogens is 464 g/mol. The number of hydrogen-bond acceptors (Lipinski definition) is 3. The third-order valence-electron chi connectivity index (χ3n) is 4.69. The van der Waals surface area contributed by atoms with E-state index >= 15 is 0 Å². The predicted octanol–water partition coefficient (Wildman–Crippen LogP) is 6.22. The number of nitrogens with zero attached hydrogens (tertiary/aromatic N) is 3. The number of amides is 1. The third kappa shape index (κ3) is 4.15. The average Bonchev–Trinajstić information content (AvgIpc) is 3.16. The van der Waals surface area contributed by atoms with Crippen molar-refractivity contribution >= 4 is 39.1 Å². The van der Waals surface area contributed by atoms with Crippen LogP contribution in [0, 0.1) is 13.8 Å². The maximum absolute atomic E-state index is 12.9. The maximum atomic E-state index is 12.9. The first-order chi connectivity index (χ1) is 14.4. The molecule has 0 bridgehead atoms. The molecule has 150 valence electrons. The molecule has 1 amide bonds. The largest absolute Gasteiger partial charge is 0.319 e. The first-order valence-electron chi connectivity index (χ1n) is 9.29. The fourth-order valence-electron chi connectivity index (χ4n) is 3.11. The first kappa shape index (κ1) is 20.3. The summed E-state index contributed by atoms with van der Waals surface area (Å²) >= 11 is 9.48. The van der Waals surface area contributed by atoms with Gasteiger partial charge in [0.25, 0.3) is 5.91 Å². The quantitative estimate of drug-likeness (QED) is 0.376. The summed E-state index contributed by atoms with van der Waals surface area (Å²) in [6, 6.07) is 20.8. The summed E-state index contributed by atoms with van der Waals surface area (Å²) in [7, 11) is 0. The van der Waals surface area contributed by atoms with Crippen molar-refractivity contribution in [3.63, 3.8) is 0 Å². The van der Waals surface area contributed by atoms with Gasteiger partial charge in [-0.05, 0) is 73.5 Å². The Bertz CT molecular complexity index is 1230. The van der Waals surface area contributed by atoms with E-state index in [1.165, 1.54) is 0 Å². The second-order valence-corrected chi connectivity index (χ2v) is 8.23. The van der Waals surface area contributed by atoms with Gasteiger partial charge in [0, 0.05) is 20.7 Å². The standard InChI is InChI=1S/C23H18BrClN4O/c1-14-5-3-4-6-20(14)29-22(16-7-10-18(25)11-8-16)27-21(28-29)23(30)26-19-12-9-17(24)13-15(19)2/h3-13H,1-2H3,(H,26,30). The summed E-state index contributed by atoms with van der Waals surface area (Å²) in [5, 5.41) is 8.07. The highest BCUT2D eigenvalue weighted by molar-refractivity contribution is 9.10. The van der Waals surface area contributed by atoms with Crippen LogP contribution >= 0.6 is 27.5 Å². The zero-order chi connectivity index (χ0) is 21.3. The summed E-state index contributed by atoms with van der Waals surface area (Å²) in [6.45, 7) is 3.92. The summed E-state index contributed by atoms with van der Waals surface area (Å²) in [5.41, 5.74) is 4.34. The second kappa shape index (κ2) is 8.42. The molecule has 1 heterocycles. The van der Waals surface area contributed by atoms with Crippen molar-refractivity contribution in [2.45, 2.75) is 13.8 Å². The van der Waals surface area contributed by atoms with Crippen molar-refractivity contribution < 1.29 is 4.79 Å². The van der Waals surface area contributed by atoms with Crippen molar-refractivity contribution in [3.8, 4) is 17.1 Å². The molecule has 0 atom stereocenters. The minimum absolute atomic E-state index is 0.0884. The van der Waals surface area contributed by atoms with Gasteiger partial charge < -0.3 is 5.32 Å². The number of carbonyl (C=O) groups excluding carboxylic acids is 1. The van der Waals surface area contributed by atoms with Gasteiger partial charge in [0.05, 0.1) is 5.69 Å². The third-order valence-corrected chi connectivity index (χ3v) is 5.44. The molecule has 0 aliphatic carbocycles. The molecule has 0 saturated carbocycles. The topological polar surface area (TPSA) is 59.8 Å². The molecule has 0 radical (unpaired) electrons. The lowest BCUT2D eigenvalue weighted by atomic mass is 10.2. The molecule has 0 aliphatic rings. The molecule has 1 N–H and O–H groups in total. The van der Waals surface area contributed by atoms with Gasteiger partial charge in [-0.25, -0.2) is 9.67 Å². The number of halogens is 2. The Hall–Kier alpha value is -2.96. The van der Waals surface area contributed by atoms with Crippen LogP contribution in [-0.4, -0.2) is 20.7 Å². The lowest BCUT2D eigenvalue weighted by Crippen LogP contribution is -2.15. The molecule has 4 rings (SSSR count). The molecule has 7 heteroatoms. The van der Waals surface area contributed by atoms with Gasteiger partial charge >= 0.3 is 0 Å². The van der Waals surface area contributed by atoms with Crippen LogP contribution in [0.4, 0.5) is 5.69 Å². The van der Waals surface area contributed by atoms with Gasteiger partial charge in [0.1, 0.15) is 0 Å². The van der Waals surface area contributed by atoms with Crippen molar-refractivity contribution in [1.29, 1.82) is 0 Å². The molecule has 3 aromatic carbocycles. The van der Waals surface area contributed by atoms with Crippen LogP contribution < -0.4 is 5.32 Å². The van der Waals surface area contributed by atoms with E-state index in [4.69, 9.17) is 11.6 Å². The van der Waals surface area contributed by atoms with E-state index in [2.05, 4.69) is 31.3 Å². The number of benzene rings is 3. The molecule has 0 fully saturated rings. The van der Waals surface area contributed by atoms with E-state index in [0.29, 0.717) is 16.5 Å². The molecule has 30 heavy (non-hydrogen) atoms. The molecule has 0 spiro atoms. The van der Waals surface area contributed by atoms with Crippen LogP contribution in [0.3, 0.4) is 0 Å². The number of aromatic nitrogens is 3. The van der Waals surface area contributed by atoms with Gasteiger partial charge in [0.2, 0.25) is 5.82 Å². The fourth-order valence-corrected chi connectivity index (χ4v) is 3.71. The number of para-hydroxylation sites is 1. The van der Waals surface area contributed by atoms with Crippen LogP contribution in [0.2, 0.25) is 5.02 Å². The Balaban J connectivity index is 1.77. The second-order valence-electron chi connectivity index (χ2n) is 6.88. The first-order valence-corrected chi connectivity index (χ1v) is 10.5. The SMILES string of the molecule is Cc1cc(Br)ccc1NC(=O)c1nc(-c2ccc(Cl)cc2)n(-c2ccccc2C)n1. The van der Waals surface area contributed by atoms with Crippen LogP contribution in [0.15, 0.2) is 71.2 Å². The summed E-state index contributed by atoms with van der Waals surface area (Å²) in [4.78, 5) is 17.5. The average molecular weight is 482 g/mol. The summed E-state index contributed by atoms with van der Waals surface area (Å²) in [6.07, 6.45) is 0. The molecule has 5 nitrogen and oxygen atoms in total. The van der Waals surface area contributed by atoms with E-state index < -0.39 is 0 Å². The predicted molar refractivity (Wildman–Crippen MR) is 123 cm³/mol.